The summed E-state index contributed by atoms with van der Waals surface area (Å²) in [5.41, 5.74) is 6.44. The van der Waals surface area contributed by atoms with Crippen molar-refractivity contribution in [2.45, 2.75) is 25.8 Å². The lowest BCUT2D eigenvalue weighted by atomic mass is 9.90. The van der Waals surface area contributed by atoms with E-state index in [0.29, 0.717) is 0 Å². The molecule has 7 nitrogen and oxygen atoms in total. The fourth-order valence-electron chi connectivity index (χ4n) is 3.72. The van der Waals surface area contributed by atoms with E-state index in [9.17, 15) is 0 Å². The molecule has 1 unspecified atom stereocenters. The largest absolute Gasteiger partial charge is 0.361 e. The Hall–Kier alpha value is -3.22. The third-order valence-corrected chi connectivity index (χ3v) is 5.04. The van der Waals surface area contributed by atoms with Gasteiger partial charge in [-0.25, -0.2) is 4.98 Å². The third kappa shape index (κ3) is 2.35. The zero-order valence-electron chi connectivity index (χ0n) is 14.5. The highest BCUT2D eigenvalue weighted by molar-refractivity contribution is 5.69. The number of H-pyrrole nitrogens is 1. The monoisotopic (exact) mass is 345 g/mol. The van der Waals surface area contributed by atoms with Crippen LogP contribution in [0.4, 0.5) is 5.69 Å². The molecule has 0 bridgehead atoms. The summed E-state index contributed by atoms with van der Waals surface area (Å²) in [6.45, 7) is 3.73. The molecule has 4 heterocycles. The number of benzene rings is 1. The first kappa shape index (κ1) is 15.1. The Morgan fingerprint density at radius 3 is 2.96 bits per heavy atom. The van der Waals surface area contributed by atoms with Crippen LogP contribution in [0.2, 0.25) is 0 Å². The third-order valence-electron chi connectivity index (χ3n) is 5.04. The maximum atomic E-state index is 4.60. The fraction of sp³-hybridized carbons (Fsp3) is 0.263. The first-order chi connectivity index (χ1) is 12.8. The number of hydrogen-bond donors (Lipinski definition) is 1. The SMILES string of the molecule is CCc1cc(N2Cc3[nH]cnc3C(c3ccccc3)C2)c2nncn2n1. The molecule has 1 N–H and O–H groups in total. The summed E-state index contributed by atoms with van der Waals surface area (Å²) in [5, 5.41) is 12.9. The molecule has 0 saturated carbocycles. The lowest BCUT2D eigenvalue weighted by molar-refractivity contribution is 0.644. The van der Waals surface area contributed by atoms with Crippen LogP contribution >= 0.6 is 0 Å². The van der Waals surface area contributed by atoms with Crippen molar-refractivity contribution < 1.29 is 0 Å². The van der Waals surface area contributed by atoms with E-state index < -0.39 is 0 Å². The maximum absolute atomic E-state index is 4.60. The summed E-state index contributed by atoms with van der Waals surface area (Å²) in [6, 6.07) is 12.7. The average Bonchev–Trinajstić information content (AvgIpc) is 3.36. The molecule has 0 amide bonds. The first-order valence-electron chi connectivity index (χ1n) is 8.85. The Labute approximate surface area is 150 Å². The second-order valence-corrected chi connectivity index (χ2v) is 6.58. The summed E-state index contributed by atoms with van der Waals surface area (Å²) < 4.78 is 1.77. The van der Waals surface area contributed by atoms with Gasteiger partial charge < -0.3 is 9.88 Å². The van der Waals surface area contributed by atoms with Crippen LogP contribution in [0.1, 0.15) is 35.5 Å². The number of aromatic nitrogens is 6. The summed E-state index contributed by atoms with van der Waals surface area (Å²) in [5.74, 6) is 0.215. The molecule has 1 aromatic carbocycles. The first-order valence-corrected chi connectivity index (χ1v) is 8.85. The van der Waals surface area contributed by atoms with Gasteiger partial charge in [-0.1, -0.05) is 37.3 Å². The highest BCUT2D eigenvalue weighted by Gasteiger charge is 2.30. The number of imidazole rings is 1. The zero-order valence-corrected chi connectivity index (χ0v) is 14.5. The topological polar surface area (TPSA) is 75.0 Å². The van der Waals surface area contributed by atoms with Crippen molar-refractivity contribution in [2.75, 3.05) is 11.4 Å². The van der Waals surface area contributed by atoms with E-state index in [2.05, 4.69) is 67.4 Å². The number of aryl methyl sites for hydroxylation is 1. The van der Waals surface area contributed by atoms with Crippen LogP contribution in [-0.4, -0.2) is 36.3 Å². The minimum absolute atomic E-state index is 0.215. The molecule has 0 fully saturated rings. The number of hydrogen-bond acceptors (Lipinski definition) is 5. The minimum atomic E-state index is 0.215. The molecule has 1 aliphatic rings. The van der Waals surface area contributed by atoms with E-state index in [0.717, 1.165) is 47.9 Å². The van der Waals surface area contributed by atoms with Crippen LogP contribution in [0, 0.1) is 0 Å². The summed E-state index contributed by atoms with van der Waals surface area (Å²) >= 11 is 0. The van der Waals surface area contributed by atoms with Gasteiger partial charge in [-0.05, 0) is 18.1 Å². The number of anilines is 1. The molecule has 0 radical (unpaired) electrons. The van der Waals surface area contributed by atoms with Gasteiger partial charge in [-0.3, -0.25) is 0 Å². The molecule has 5 rings (SSSR count). The molecule has 0 aliphatic carbocycles. The molecule has 1 atom stereocenters. The quantitative estimate of drug-likeness (QED) is 0.618. The van der Waals surface area contributed by atoms with Gasteiger partial charge >= 0.3 is 0 Å². The number of nitrogens with zero attached hydrogens (tertiary/aromatic N) is 6. The number of nitrogens with one attached hydrogen (secondary N) is 1. The van der Waals surface area contributed by atoms with Crippen LogP contribution in [-0.2, 0) is 13.0 Å². The summed E-state index contributed by atoms with van der Waals surface area (Å²) in [7, 11) is 0. The Morgan fingerprint density at radius 1 is 1.23 bits per heavy atom. The minimum Gasteiger partial charge on any atom is -0.361 e. The van der Waals surface area contributed by atoms with Crippen LogP contribution in [0.5, 0.6) is 0 Å². The van der Waals surface area contributed by atoms with Crippen molar-refractivity contribution in [3.8, 4) is 0 Å². The number of aromatic amines is 1. The predicted molar refractivity (Wildman–Crippen MR) is 98.1 cm³/mol. The van der Waals surface area contributed by atoms with Crippen LogP contribution in [0.25, 0.3) is 5.65 Å². The normalized spacial score (nSPS) is 16.8. The smallest absolute Gasteiger partial charge is 0.200 e. The highest BCUT2D eigenvalue weighted by atomic mass is 15.4. The highest BCUT2D eigenvalue weighted by Crippen LogP contribution is 2.35. The van der Waals surface area contributed by atoms with E-state index >= 15 is 0 Å². The van der Waals surface area contributed by atoms with E-state index in [1.54, 1.807) is 17.2 Å². The van der Waals surface area contributed by atoms with E-state index in [1.807, 2.05) is 6.07 Å². The molecular weight excluding hydrogens is 326 g/mol. The molecule has 0 spiro atoms. The Morgan fingerprint density at radius 2 is 2.12 bits per heavy atom. The van der Waals surface area contributed by atoms with Crippen molar-refractivity contribution in [3.63, 3.8) is 0 Å². The Balaban J connectivity index is 1.62. The molecule has 0 saturated heterocycles. The van der Waals surface area contributed by atoms with Gasteiger partial charge in [0.25, 0.3) is 0 Å². The average molecular weight is 345 g/mol. The van der Waals surface area contributed by atoms with Gasteiger partial charge in [-0.2, -0.15) is 9.61 Å². The summed E-state index contributed by atoms with van der Waals surface area (Å²) in [4.78, 5) is 10.3. The number of fused-ring (bicyclic) bond motifs is 2. The molecule has 3 aromatic heterocycles. The van der Waals surface area contributed by atoms with Gasteiger partial charge in [0.2, 0.25) is 5.65 Å². The second kappa shape index (κ2) is 5.94. The van der Waals surface area contributed by atoms with Gasteiger partial charge in [0.1, 0.15) is 6.33 Å². The predicted octanol–water partition coefficient (Wildman–Crippen LogP) is 2.56. The zero-order chi connectivity index (χ0) is 17.5. The van der Waals surface area contributed by atoms with Gasteiger partial charge in [0.05, 0.1) is 35.6 Å². The fourth-order valence-corrected chi connectivity index (χ4v) is 3.72. The van der Waals surface area contributed by atoms with Gasteiger partial charge in [0.15, 0.2) is 0 Å². The molecule has 7 heteroatoms. The van der Waals surface area contributed by atoms with Crippen LogP contribution < -0.4 is 4.90 Å². The van der Waals surface area contributed by atoms with Crippen molar-refractivity contribution in [1.82, 2.24) is 29.8 Å². The molecule has 130 valence electrons. The number of rotatable bonds is 3. The molecule has 1 aliphatic heterocycles. The van der Waals surface area contributed by atoms with E-state index in [1.165, 1.54) is 5.56 Å². The van der Waals surface area contributed by atoms with Gasteiger partial charge in [-0.15, -0.1) is 10.2 Å². The lowest BCUT2D eigenvalue weighted by Crippen LogP contribution is -2.34. The van der Waals surface area contributed by atoms with Crippen molar-refractivity contribution in [1.29, 1.82) is 0 Å². The lowest BCUT2D eigenvalue weighted by Gasteiger charge is -2.34. The maximum Gasteiger partial charge on any atom is 0.200 e. The van der Waals surface area contributed by atoms with Gasteiger partial charge in [0, 0.05) is 12.5 Å². The Kier molecular flexibility index (Phi) is 3.44. The molecule has 26 heavy (non-hydrogen) atoms. The Bertz CT molecular complexity index is 1050. The molecular formula is C19H19N7. The van der Waals surface area contributed by atoms with Crippen molar-refractivity contribution in [2.24, 2.45) is 0 Å². The molecule has 4 aromatic rings. The van der Waals surface area contributed by atoms with E-state index in [4.69, 9.17) is 0 Å². The van der Waals surface area contributed by atoms with Crippen LogP contribution in [0.15, 0.2) is 49.1 Å². The van der Waals surface area contributed by atoms with Crippen LogP contribution in [0.3, 0.4) is 0 Å². The standard InChI is InChI=1S/C19H19N7/c1-2-14-8-17(19-23-22-12-26(19)24-14)25-9-15(13-6-4-3-5-7-13)18-16(10-25)20-11-21-18/h3-8,11-12,15H,2,9-10H2,1H3,(H,20,21). The second-order valence-electron chi connectivity index (χ2n) is 6.58. The summed E-state index contributed by atoms with van der Waals surface area (Å²) in [6.07, 6.45) is 4.32. The van der Waals surface area contributed by atoms with Crippen molar-refractivity contribution >= 4 is 11.3 Å². The van der Waals surface area contributed by atoms with E-state index in [-0.39, 0.29) is 5.92 Å². The van der Waals surface area contributed by atoms with Crippen molar-refractivity contribution in [3.05, 3.63) is 71.7 Å².